The van der Waals surface area contributed by atoms with Gasteiger partial charge in [0.2, 0.25) is 5.82 Å². The summed E-state index contributed by atoms with van der Waals surface area (Å²) in [5.41, 5.74) is -0.729. The molecule has 0 bridgehead atoms. The molecule has 0 N–H and O–H groups in total. The smallest absolute Gasteiger partial charge is 0.377 e. The van der Waals surface area contributed by atoms with Crippen LogP contribution in [0.3, 0.4) is 0 Å². The molecule has 1 aromatic rings. The van der Waals surface area contributed by atoms with Gasteiger partial charge in [-0.3, -0.25) is 0 Å². The lowest BCUT2D eigenvalue weighted by molar-refractivity contribution is 0.0323. The lowest BCUT2D eigenvalue weighted by atomic mass is 10.0. The summed E-state index contributed by atoms with van der Waals surface area (Å²) in [7, 11) is -1.07. The van der Waals surface area contributed by atoms with Crippen LogP contribution in [0.1, 0.15) is 78.2 Å². The average molecular weight is 471 g/mol. The Balaban J connectivity index is 2.33. The van der Waals surface area contributed by atoms with Gasteiger partial charge in [-0.15, -0.1) is 0 Å². The number of unbranched alkanes of at least 4 members (excludes halogenated alkanes) is 6. The molecule has 0 aliphatic heterocycles. The second-order valence-electron chi connectivity index (χ2n) is 8.24. The number of rotatable bonds is 15. The maximum absolute atomic E-state index is 13.7. The minimum Gasteiger partial charge on any atom is -0.377 e. The lowest BCUT2D eigenvalue weighted by Gasteiger charge is -2.31. The Morgan fingerprint density at radius 3 is 1.42 bits per heavy atom. The Labute approximate surface area is 183 Å². The molecule has 0 saturated carbocycles. The summed E-state index contributed by atoms with van der Waals surface area (Å²) >= 11 is 0. The van der Waals surface area contributed by atoms with Gasteiger partial charge in [-0.25, -0.2) is 22.0 Å². The standard InChI is InChI=1S/C22H35F5O3Si/c1-15(2)29-31(28-5,30-16(3)4)14-12-10-8-6-7-9-11-13-17-18(23)20(25)22(27)21(26)19(17)24/h15-16H,6-14H2,1-5H3. The van der Waals surface area contributed by atoms with Crippen LogP contribution >= 0.6 is 0 Å². The predicted molar refractivity (Wildman–Crippen MR) is 112 cm³/mol. The molecule has 1 rings (SSSR count). The topological polar surface area (TPSA) is 27.7 Å². The highest BCUT2D eigenvalue weighted by molar-refractivity contribution is 6.60. The quantitative estimate of drug-likeness (QED) is 0.0900. The van der Waals surface area contributed by atoms with Crippen molar-refractivity contribution in [1.29, 1.82) is 0 Å². The van der Waals surface area contributed by atoms with Crippen molar-refractivity contribution >= 4 is 8.80 Å². The highest BCUT2D eigenvalue weighted by Gasteiger charge is 2.41. The van der Waals surface area contributed by atoms with Gasteiger partial charge in [0.1, 0.15) is 0 Å². The molecule has 0 aliphatic rings. The molecular formula is C22H35F5O3Si. The maximum atomic E-state index is 13.7. The fraction of sp³-hybridized carbons (Fsp3) is 0.727. The third kappa shape index (κ3) is 8.79. The van der Waals surface area contributed by atoms with Gasteiger partial charge in [-0.05, 0) is 47.0 Å². The average Bonchev–Trinajstić information content (AvgIpc) is 2.70. The predicted octanol–water partition coefficient (Wildman–Crippen LogP) is 7.09. The van der Waals surface area contributed by atoms with Gasteiger partial charge < -0.3 is 13.3 Å². The molecule has 1 aromatic carbocycles. The molecule has 0 radical (unpaired) electrons. The first-order valence-corrected chi connectivity index (χ1v) is 12.9. The van der Waals surface area contributed by atoms with Gasteiger partial charge in [0.05, 0.1) is 0 Å². The van der Waals surface area contributed by atoms with E-state index in [1.54, 1.807) is 7.11 Å². The second-order valence-corrected chi connectivity index (χ2v) is 11.0. The van der Waals surface area contributed by atoms with Crippen molar-refractivity contribution in [2.75, 3.05) is 7.11 Å². The second kappa shape index (κ2) is 13.5. The Hall–Kier alpha value is -1.03. The molecule has 3 nitrogen and oxygen atoms in total. The summed E-state index contributed by atoms with van der Waals surface area (Å²) in [6.07, 6.45) is 5.48. The number of hydrogen-bond acceptors (Lipinski definition) is 3. The van der Waals surface area contributed by atoms with Crippen LogP contribution in [-0.2, 0) is 19.7 Å². The van der Waals surface area contributed by atoms with Crippen molar-refractivity contribution in [2.45, 2.75) is 97.3 Å². The third-order valence-electron chi connectivity index (χ3n) is 4.85. The van der Waals surface area contributed by atoms with E-state index in [9.17, 15) is 22.0 Å². The summed E-state index contributed by atoms with van der Waals surface area (Å²) in [6.45, 7) is 7.82. The molecule has 0 aliphatic carbocycles. The van der Waals surface area contributed by atoms with Crippen LogP contribution in [0.25, 0.3) is 0 Å². The zero-order chi connectivity index (χ0) is 23.6. The summed E-state index contributed by atoms with van der Waals surface area (Å²) in [5.74, 6) is -9.33. The molecule has 0 fully saturated rings. The lowest BCUT2D eigenvalue weighted by Crippen LogP contribution is -2.48. The van der Waals surface area contributed by atoms with Crippen LogP contribution in [0.15, 0.2) is 0 Å². The maximum Gasteiger partial charge on any atom is 0.501 e. The summed E-state index contributed by atoms with van der Waals surface area (Å²) < 4.78 is 84.5. The van der Waals surface area contributed by atoms with E-state index in [4.69, 9.17) is 13.3 Å². The molecule has 0 spiro atoms. The molecule has 0 saturated heterocycles. The molecule has 0 heterocycles. The molecule has 31 heavy (non-hydrogen) atoms. The first kappa shape index (κ1) is 28.0. The highest BCUT2D eigenvalue weighted by Crippen LogP contribution is 2.25. The van der Waals surface area contributed by atoms with Crippen molar-refractivity contribution in [1.82, 2.24) is 0 Å². The SMILES string of the molecule is CO[Si](CCCCCCCCCc1c(F)c(F)c(F)c(F)c1F)(OC(C)C)OC(C)C. The zero-order valence-electron chi connectivity index (χ0n) is 19.1. The summed E-state index contributed by atoms with van der Waals surface area (Å²) in [6, 6.07) is 0.736. The fourth-order valence-corrected chi connectivity index (χ4v) is 6.27. The van der Waals surface area contributed by atoms with Crippen LogP contribution in [-0.4, -0.2) is 28.1 Å². The van der Waals surface area contributed by atoms with E-state index in [1.807, 2.05) is 27.7 Å². The van der Waals surface area contributed by atoms with Crippen molar-refractivity contribution < 1.29 is 35.2 Å². The molecule has 0 aromatic heterocycles. The van der Waals surface area contributed by atoms with Crippen molar-refractivity contribution in [2.24, 2.45) is 0 Å². The molecule has 0 unspecified atom stereocenters. The monoisotopic (exact) mass is 470 g/mol. The van der Waals surface area contributed by atoms with Crippen molar-refractivity contribution in [3.05, 3.63) is 34.6 Å². The van der Waals surface area contributed by atoms with E-state index in [1.165, 1.54) is 0 Å². The van der Waals surface area contributed by atoms with Crippen LogP contribution in [0.2, 0.25) is 6.04 Å². The van der Waals surface area contributed by atoms with E-state index in [-0.39, 0.29) is 18.6 Å². The normalized spacial score (nSPS) is 12.4. The van der Waals surface area contributed by atoms with Crippen LogP contribution in [0.5, 0.6) is 0 Å². The summed E-state index contributed by atoms with van der Waals surface area (Å²) in [4.78, 5) is 0. The van der Waals surface area contributed by atoms with Crippen molar-refractivity contribution in [3.63, 3.8) is 0 Å². The fourth-order valence-electron chi connectivity index (χ4n) is 3.46. The minimum absolute atomic E-state index is 0.0168. The number of benzene rings is 1. The van der Waals surface area contributed by atoms with E-state index in [2.05, 4.69) is 0 Å². The van der Waals surface area contributed by atoms with Crippen LogP contribution in [0, 0.1) is 29.1 Å². The zero-order valence-corrected chi connectivity index (χ0v) is 20.1. The minimum atomic E-state index is -2.70. The first-order valence-electron chi connectivity index (χ1n) is 11.0. The first-order chi connectivity index (χ1) is 14.5. The molecular weight excluding hydrogens is 435 g/mol. The Morgan fingerprint density at radius 1 is 0.613 bits per heavy atom. The molecule has 0 amide bonds. The van der Waals surface area contributed by atoms with Crippen LogP contribution in [0.4, 0.5) is 22.0 Å². The van der Waals surface area contributed by atoms with Gasteiger partial charge in [-0.2, -0.15) is 0 Å². The van der Waals surface area contributed by atoms with Gasteiger partial charge in [-0.1, -0.05) is 32.1 Å². The van der Waals surface area contributed by atoms with Gasteiger partial charge in [0, 0.05) is 30.9 Å². The molecule has 9 heteroatoms. The Kier molecular flexibility index (Phi) is 12.2. The molecule has 0 atom stereocenters. The largest absolute Gasteiger partial charge is 0.501 e. The van der Waals surface area contributed by atoms with Crippen LogP contribution < -0.4 is 0 Å². The van der Waals surface area contributed by atoms with Gasteiger partial charge >= 0.3 is 8.80 Å². The van der Waals surface area contributed by atoms with Gasteiger partial charge in [0.15, 0.2) is 23.3 Å². The number of hydrogen-bond donors (Lipinski definition) is 0. The Bertz CT molecular complexity index is 647. The number of halogens is 5. The third-order valence-corrected chi connectivity index (χ3v) is 8.10. The highest BCUT2D eigenvalue weighted by atomic mass is 28.4. The molecule has 180 valence electrons. The summed E-state index contributed by atoms with van der Waals surface area (Å²) in [5, 5.41) is 0. The van der Waals surface area contributed by atoms with Gasteiger partial charge in [0.25, 0.3) is 0 Å². The van der Waals surface area contributed by atoms with E-state index in [0.29, 0.717) is 12.8 Å². The van der Waals surface area contributed by atoms with E-state index in [0.717, 1.165) is 38.1 Å². The van der Waals surface area contributed by atoms with Crippen molar-refractivity contribution in [3.8, 4) is 0 Å². The van der Waals surface area contributed by atoms with E-state index >= 15 is 0 Å². The Morgan fingerprint density at radius 2 is 1.00 bits per heavy atom. The van der Waals surface area contributed by atoms with E-state index < -0.39 is 43.5 Å².